The van der Waals surface area contributed by atoms with Crippen molar-refractivity contribution in [2.75, 3.05) is 13.6 Å². The maximum absolute atomic E-state index is 4.90. The first-order valence-electron chi connectivity index (χ1n) is 2.10. The molecular weight excluding hydrogens is 145 g/mol. The molecule has 0 heterocycles. The van der Waals surface area contributed by atoms with E-state index in [1.54, 1.807) is 0 Å². The summed E-state index contributed by atoms with van der Waals surface area (Å²) in [4.78, 5) is 0. The normalized spacial score (nSPS) is 5.71. The molecule has 1 nitrogen and oxygen atoms in total. The lowest BCUT2D eigenvalue weighted by molar-refractivity contribution is 0.864. The first-order valence-corrected chi connectivity index (χ1v) is 6.37. The summed E-state index contributed by atoms with van der Waals surface area (Å²) in [6, 6.07) is 0. The Labute approximate surface area is 62.0 Å². The molecule has 0 saturated heterocycles. The largest absolute Gasteiger partial charge is 0.618 e. The van der Waals surface area contributed by atoms with Crippen molar-refractivity contribution in [3.63, 3.8) is 0 Å². The van der Waals surface area contributed by atoms with Crippen LogP contribution in [0.4, 0.5) is 0 Å². The molecule has 0 saturated carbocycles. The average molecular weight is 154 g/mol. The van der Waals surface area contributed by atoms with Gasteiger partial charge in [0.05, 0.1) is 0 Å². The number of rotatable bonds is 1. The van der Waals surface area contributed by atoms with Crippen molar-refractivity contribution in [3.05, 3.63) is 0 Å². The zero-order valence-corrected chi connectivity index (χ0v) is 7.60. The Hall–Kier alpha value is 1.31. The van der Waals surface area contributed by atoms with Crippen molar-refractivity contribution in [1.82, 2.24) is 5.32 Å². The van der Waals surface area contributed by atoms with Gasteiger partial charge in [-0.25, -0.2) is 0 Å². The molecular formula is C3H9Cl2MgN. The predicted molar refractivity (Wildman–Crippen MR) is 37.1 cm³/mol. The number of halogens is 2. The van der Waals surface area contributed by atoms with Gasteiger partial charge in [-0.1, -0.05) is 6.92 Å². The Bertz CT molecular complexity index is 20.4. The van der Waals surface area contributed by atoms with E-state index in [1.807, 2.05) is 7.05 Å². The molecule has 0 spiro atoms. The summed E-state index contributed by atoms with van der Waals surface area (Å²) in [6.07, 6.45) is 0. The van der Waals surface area contributed by atoms with Crippen molar-refractivity contribution in [1.29, 1.82) is 0 Å². The van der Waals surface area contributed by atoms with E-state index in [0.717, 1.165) is 6.54 Å². The molecule has 0 amide bonds. The molecule has 0 aliphatic heterocycles. The van der Waals surface area contributed by atoms with E-state index in [1.165, 1.54) is 0 Å². The van der Waals surface area contributed by atoms with Crippen molar-refractivity contribution in [2.45, 2.75) is 6.92 Å². The number of nitrogens with one attached hydrogen (secondary N) is 1. The van der Waals surface area contributed by atoms with Crippen LogP contribution in [0, 0.1) is 0 Å². The smallest absolute Gasteiger partial charge is 0.320 e. The first-order chi connectivity index (χ1) is 3.33. The maximum Gasteiger partial charge on any atom is 0.618 e. The van der Waals surface area contributed by atoms with Crippen LogP contribution >= 0.6 is 18.1 Å². The van der Waals surface area contributed by atoms with E-state index < -0.39 is 18.2 Å². The lowest BCUT2D eigenvalue weighted by Crippen LogP contribution is -2.01. The van der Waals surface area contributed by atoms with Gasteiger partial charge in [0.2, 0.25) is 0 Å². The predicted octanol–water partition coefficient (Wildman–Crippen LogP) is 1.22. The van der Waals surface area contributed by atoms with Crippen molar-refractivity contribution in [2.24, 2.45) is 0 Å². The fraction of sp³-hybridized carbons (Fsp3) is 1.00. The molecule has 0 aromatic heterocycles. The topological polar surface area (TPSA) is 12.0 Å². The molecule has 0 fully saturated rings. The zero-order valence-electron chi connectivity index (χ0n) is 4.67. The van der Waals surface area contributed by atoms with Crippen LogP contribution in [0.5, 0.6) is 0 Å². The highest BCUT2D eigenvalue weighted by molar-refractivity contribution is 7.22. The minimum Gasteiger partial charge on any atom is -0.320 e. The second-order valence-corrected chi connectivity index (χ2v) is 3.43. The van der Waals surface area contributed by atoms with Crippen LogP contribution in [0.2, 0.25) is 0 Å². The second kappa shape index (κ2) is 15.7. The average Bonchev–Trinajstić information content (AvgIpc) is 1.69. The van der Waals surface area contributed by atoms with Crippen molar-refractivity contribution < 1.29 is 0 Å². The van der Waals surface area contributed by atoms with Gasteiger partial charge in [0.25, 0.3) is 0 Å². The standard InChI is InChI=1S/C3H9N.2ClH.Mg/c1-3-4-2;;;/h4H,3H2,1-2H3;2*1H;/q;;;+2/p-2. The molecule has 0 rings (SSSR count). The molecule has 0 bridgehead atoms. The fourth-order valence-corrected chi connectivity index (χ4v) is 0. The lowest BCUT2D eigenvalue weighted by atomic mass is 10.8. The first kappa shape index (κ1) is 11.1. The third-order valence-corrected chi connectivity index (χ3v) is 0.354. The molecule has 0 unspecified atom stereocenters. The maximum atomic E-state index is 4.90. The summed E-state index contributed by atoms with van der Waals surface area (Å²) in [7, 11) is 11.7. The van der Waals surface area contributed by atoms with Gasteiger partial charge in [0.15, 0.2) is 0 Å². The van der Waals surface area contributed by atoms with E-state index in [9.17, 15) is 0 Å². The van der Waals surface area contributed by atoms with Gasteiger partial charge in [0, 0.05) is 0 Å². The van der Waals surface area contributed by atoms with Crippen molar-refractivity contribution >= 4 is 36.3 Å². The Morgan fingerprint density at radius 1 is 1.57 bits per heavy atom. The van der Waals surface area contributed by atoms with E-state index >= 15 is 0 Å². The third kappa shape index (κ3) is 38.7. The van der Waals surface area contributed by atoms with E-state index in [2.05, 4.69) is 12.2 Å². The van der Waals surface area contributed by atoms with Crippen LogP contribution in [0.1, 0.15) is 6.92 Å². The Morgan fingerprint density at radius 2 is 1.71 bits per heavy atom. The number of hydrogen-bond acceptors (Lipinski definition) is 1. The zero-order chi connectivity index (χ0) is 6.12. The summed E-state index contributed by atoms with van der Waals surface area (Å²) < 4.78 is 0. The minimum absolute atomic E-state index is 0.639. The lowest BCUT2D eigenvalue weighted by Gasteiger charge is -1.76. The molecule has 0 radical (unpaired) electrons. The Balaban J connectivity index is 0. The molecule has 0 aliphatic carbocycles. The fourth-order valence-electron chi connectivity index (χ4n) is 0. The van der Waals surface area contributed by atoms with Crippen LogP contribution in [-0.4, -0.2) is 31.8 Å². The van der Waals surface area contributed by atoms with Gasteiger partial charge in [-0.2, -0.15) is 0 Å². The molecule has 1 N–H and O–H groups in total. The van der Waals surface area contributed by atoms with Crippen LogP contribution < -0.4 is 5.32 Å². The molecule has 0 aliphatic rings. The van der Waals surface area contributed by atoms with Gasteiger partial charge in [0.1, 0.15) is 0 Å². The summed E-state index contributed by atoms with van der Waals surface area (Å²) >= 11 is -0.639. The second-order valence-electron chi connectivity index (χ2n) is 0.808. The van der Waals surface area contributed by atoms with E-state index in [-0.39, 0.29) is 0 Å². The highest BCUT2D eigenvalue weighted by Gasteiger charge is 1.64. The Morgan fingerprint density at radius 3 is 1.71 bits per heavy atom. The minimum atomic E-state index is -0.639. The van der Waals surface area contributed by atoms with Crippen LogP contribution in [0.15, 0.2) is 0 Å². The van der Waals surface area contributed by atoms with Gasteiger partial charge in [-0.3, -0.25) is 0 Å². The van der Waals surface area contributed by atoms with Crippen LogP contribution in [0.25, 0.3) is 0 Å². The molecule has 0 atom stereocenters. The summed E-state index contributed by atoms with van der Waals surface area (Å²) in [5.74, 6) is 0. The SMILES string of the molecule is CCNC.[Cl][Mg][Cl]. The van der Waals surface area contributed by atoms with Gasteiger partial charge >= 0.3 is 18.2 Å². The Kier molecular flexibility index (Phi) is 25.0. The summed E-state index contributed by atoms with van der Waals surface area (Å²) in [5, 5.41) is 2.93. The van der Waals surface area contributed by atoms with Crippen LogP contribution in [-0.2, 0) is 0 Å². The molecule has 0 aromatic rings. The highest BCUT2D eigenvalue weighted by atomic mass is 35.6. The monoisotopic (exact) mass is 153 g/mol. The van der Waals surface area contributed by atoms with Gasteiger partial charge < -0.3 is 23.5 Å². The highest BCUT2D eigenvalue weighted by Crippen LogP contribution is 1.67. The van der Waals surface area contributed by atoms with Crippen LogP contribution in [0.3, 0.4) is 0 Å². The third-order valence-electron chi connectivity index (χ3n) is 0.354. The molecule has 7 heavy (non-hydrogen) atoms. The van der Waals surface area contributed by atoms with Gasteiger partial charge in [-0.05, 0) is 13.6 Å². The number of hydrogen-bond donors (Lipinski definition) is 1. The van der Waals surface area contributed by atoms with Crippen molar-refractivity contribution in [3.8, 4) is 0 Å². The van der Waals surface area contributed by atoms with E-state index in [4.69, 9.17) is 18.1 Å². The summed E-state index contributed by atoms with van der Waals surface area (Å²) in [6.45, 7) is 3.14. The molecule has 4 heteroatoms. The molecule has 0 aromatic carbocycles. The van der Waals surface area contributed by atoms with E-state index in [0.29, 0.717) is 0 Å². The summed E-state index contributed by atoms with van der Waals surface area (Å²) in [5.41, 5.74) is 0. The molecule has 42 valence electrons. The van der Waals surface area contributed by atoms with Gasteiger partial charge in [-0.15, -0.1) is 0 Å². The quantitative estimate of drug-likeness (QED) is 0.560.